The van der Waals surface area contributed by atoms with Crippen molar-refractivity contribution >= 4 is 0 Å². The second-order valence-electron chi connectivity index (χ2n) is 4.67. The molecule has 96 valence electrons. The number of halogens is 1. The van der Waals surface area contributed by atoms with E-state index >= 15 is 0 Å². The Morgan fingerprint density at radius 1 is 1.33 bits per heavy atom. The maximum Gasteiger partial charge on any atom is 0.243 e. The molecule has 2 N–H and O–H groups in total. The number of hydrogen-bond acceptors (Lipinski definition) is 4. The van der Waals surface area contributed by atoms with Gasteiger partial charge in [-0.05, 0) is 24.5 Å². The van der Waals surface area contributed by atoms with Crippen LogP contribution in [-0.2, 0) is 0 Å². The summed E-state index contributed by atoms with van der Waals surface area (Å²) < 4.78 is 18.6. The second kappa shape index (κ2) is 5.27. The molecule has 0 saturated heterocycles. The third-order valence-electron chi connectivity index (χ3n) is 2.60. The number of rotatable bonds is 4. The first-order chi connectivity index (χ1) is 8.58. The Kier molecular flexibility index (Phi) is 3.72. The summed E-state index contributed by atoms with van der Waals surface area (Å²) in [7, 11) is 0. The van der Waals surface area contributed by atoms with Gasteiger partial charge in [-0.3, -0.25) is 0 Å². The summed E-state index contributed by atoms with van der Waals surface area (Å²) in [6.45, 7) is 4.13. The fourth-order valence-corrected chi connectivity index (χ4v) is 1.75. The van der Waals surface area contributed by atoms with E-state index in [2.05, 4.69) is 24.0 Å². The molecule has 0 amide bonds. The third kappa shape index (κ3) is 2.73. The van der Waals surface area contributed by atoms with E-state index in [1.54, 1.807) is 18.2 Å². The molecule has 0 saturated carbocycles. The average Bonchev–Trinajstić information content (AvgIpc) is 2.78. The molecule has 4 nitrogen and oxygen atoms in total. The lowest BCUT2D eigenvalue weighted by molar-refractivity contribution is 0.335. The Balaban J connectivity index is 2.23. The van der Waals surface area contributed by atoms with Gasteiger partial charge in [-0.1, -0.05) is 31.1 Å². The lowest BCUT2D eigenvalue weighted by atomic mass is 10.0. The minimum atomic E-state index is -0.373. The van der Waals surface area contributed by atoms with Gasteiger partial charge in [-0.25, -0.2) is 4.39 Å². The van der Waals surface area contributed by atoms with E-state index in [1.165, 1.54) is 6.07 Å². The minimum Gasteiger partial charge on any atom is -0.337 e. The number of hydrogen-bond donors (Lipinski definition) is 1. The maximum atomic E-state index is 13.5. The zero-order valence-corrected chi connectivity index (χ0v) is 10.4. The number of nitrogens with zero attached hydrogens (tertiary/aromatic N) is 2. The zero-order valence-electron chi connectivity index (χ0n) is 10.4. The van der Waals surface area contributed by atoms with Gasteiger partial charge >= 0.3 is 0 Å². The SMILES string of the molecule is CC(C)C[C@@H](N)c1nc(-c2ccccc2F)no1. The van der Waals surface area contributed by atoms with Crippen molar-refractivity contribution in [3.8, 4) is 11.4 Å². The number of nitrogens with two attached hydrogens (primary N) is 1. The van der Waals surface area contributed by atoms with E-state index < -0.39 is 0 Å². The standard InChI is InChI=1S/C13H16FN3O/c1-8(2)7-11(15)13-16-12(17-18-13)9-5-3-4-6-10(9)14/h3-6,8,11H,7,15H2,1-2H3/t11-/m1/s1. The van der Waals surface area contributed by atoms with Gasteiger partial charge in [-0.15, -0.1) is 0 Å². The largest absolute Gasteiger partial charge is 0.337 e. The molecule has 1 aromatic carbocycles. The first-order valence-electron chi connectivity index (χ1n) is 5.92. The summed E-state index contributed by atoms with van der Waals surface area (Å²) in [5, 5.41) is 3.77. The summed E-state index contributed by atoms with van der Waals surface area (Å²) in [6, 6.07) is 6.00. The van der Waals surface area contributed by atoms with Crippen LogP contribution in [0.25, 0.3) is 11.4 Å². The second-order valence-corrected chi connectivity index (χ2v) is 4.67. The first kappa shape index (κ1) is 12.7. The van der Waals surface area contributed by atoms with Crippen LogP contribution in [0.3, 0.4) is 0 Å². The normalized spacial score (nSPS) is 12.9. The van der Waals surface area contributed by atoms with E-state index in [0.717, 1.165) is 6.42 Å². The van der Waals surface area contributed by atoms with Gasteiger partial charge in [0.2, 0.25) is 11.7 Å². The highest BCUT2D eigenvalue weighted by molar-refractivity contribution is 5.54. The van der Waals surface area contributed by atoms with Gasteiger partial charge in [0.05, 0.1) is 11.6 Å². The predicted octanol–water partition coefficient (Wildman–Crippen LogP) is 2.92. The molecule has 1 aromatic heterocycles. The molecule has 0 fully saturated rings. The van der Waals surface area contributed by atoms with Gasteiger partial charge in [0.15, 0.2) is 0 Å². The fourth-order valence-electron chi connectivity index (χ4n) is 1.75. The molecule has 0 spiro atoms. The van der Waals surface area contributed by atoms with Crippen LogP contribution in [0.15, 0.2) is 28.8 Å². The Hall–Kier alpha value is -1.75. The van der Waals surface area contributed by atoms with Crippen molar-refractivity contribution in [3.05, 3.63) is 36.0 Å². The molecule has 2 aromatic rings. The molecule has 0 aliphatic heterocycles. The van der Waals surface area contributed by atoms with Crippen LogP contribution >= 0.6 is 0 Å². The Morgan fingerprint density at radius 3 is 2.72 bits per heavy atom. The van der Waals surface area contributed by atoms with Crippen LogP contribution in [0, 0.1) is 11.7 Å². The van der Waals surface area contributed by atoms with Gasteiger partial charge < -0.3 is 10.3 Å². The molecular formula is C13H16FN3O. The molecule has 1 heterocycles. The Morgan fingerprint density at radius 2 is 2.06 bits per heavy atom. The van der Waals surface area contributed by atoms with E-state index in [4.69, 9.17) is 10.3 Å². The Bertz CT molecular complexity index is 524. The van der Waals surface area contributed by atoms with Crippen molar-refractivity contribution < 1.29 is 8.91 Å². The molecule has 0 radical (unpaired) electrons. The number of aromatic nitrogens is 2. The summed E-state index contributed by atoms with van der Waals surface area (Å²) in [5.41, 5.74) is 6.26. The lowest BCUT2D eigenvalue weighted by Crippen LogP contribution is -2.13. The maximum absolute atomic E-state index is 13.5. The predicted molar refractivity (Wildman–Crippen MR) is 66.1 cm³/mol. The van der Waals surface area contributed by atoms with E-state index in [1.807, 2.05) is 0 Å². The smallest absolute Gasteiger partial charge is 0.243 e. The number of benzene rings is 1. The van der Waals surface area contributed by atoms with Crippen LogP contribution in [0.1, 0.15) is 32.2 Å². The van der Waals surface area contributed by atoms with Crippen LogP contribution in [-0.4, -0.2) is 10.1 Å². The quantitative estimate of drug-likeness (QED) is 0.904. The average molecular weight is 249 g/mol. The molecule has 18 heavy (non-hydrogen) atoms. The highest BCUT2D eigenvalue weighted by atomic mass is 19.1. The van der Waals surface area contributed by atoms with Crippen molar-refractivity contribution in [1.82, 2.24) is 10.1 Å². The first-order valence-corrected chi connectivity index (χ1v) is 5.92. The molecule has 0 unspecified atom stereocenters. The molecule has 0 bridgehead atoms. The van der Waals surface area contributed by atoms with Gasteiger partial charge in [-0.2, -0.15) is 4.98 Å². The van der Waals surface area contributed by atoms with Crippen molar-refractivity contribution in [1.29, 1.82) is 0 Å². The summed E-state index contributed by atoms with van der Waals surface area (Å²) >= 11 is 0. The van der Waals surface area contributed by atoms with Crippen LogP contribution in [0.4, 0.5) is 4.39 Å². The van der Waals surface area contributed by atoms with Gasteiger partial charge in [0, 0.05) is 0 Å². The van der Waals surface area contributed by atoms with Crippen molar-refractivity contribution in [2.24, 2.45) is 11.7 Å². The molecule has 5 heteroatoms. The summed E-state index contributed by atoms with van der Waals surface area (Å²) in [5.74, 6) is 0.648. The van der Waals surface area contributed by atoms with E-state index in [9.17, 15) is 4.39 Å². The molecule has 2 rings (SSSR count). The molecular weight excluding hydrogens is 233 g/mol. The fraction of sp³-hybridized carbons (Fsp3) is 0.385. The minimum absolute atomic E-state index is 0.238. The van der Waals surface area contributed by atoms with Crippen LogP contribution in [0.5, 0.6) is 0 Å². The molecule has 0 aliphatic carbocycles. The lowest BCUT2D eigenvalue weighted by Gasteiger charge is -2.08. The monoisotopic (exact) mass is 249 g/mol. The van der Waals surface area contributed by atoms with Crippen LogP contribution in [0.2, 0.25) is 0 Å². The summed E-state index contributed by atoms with van der Waals surface area (Å²) in [6.07, 6.45) is 0.749. The molecule has 0 aliphatic rings. The van der Waals surface area contributed by atoms with Crippen molar-refractivity contribution in [2.45, 2.75) is 26.3 Å². The highest BCUT2D eigenvalue weighted by Gasteiger charge is 2.18. The third-order valence-corrected chi connectivity index (χ3v) is 2.60. The van der Waals surface area contributed by atoms with Crippen molar-refractivity contribution in [2.75, 3.05) is 0 Å². The summed E-state index contributed by atoms with van der Waals surface area (Å²) in [4.78, 5) is 4.15. The van der Waals surface area contributed by atoms with Crippen LogP contribution < -0.4 is 5.73 Å². The van der Waals surface area contributed by atoms with E-state index in [-0.39, 0.29) is 17.7 Å². The topological polar surface area (TPSA) is 64.9 Å². The molecule has 1 atom stereocenters. The van der Waals surface area contributed by atoms with Gasteiger partial charge in [0.25, 0.3) is 0 Å². The van der Waals surface area contributed by atoms with Crippen molar-refractivity contribution in [3.63, 3.8) is 0 Å². The van der Waals surface area contributed by atoms with Gasteiger partial charge in [0.1, 0.15) is 5.82 Å². The zero-order chi connectivity index (χ0) is 13.1. The highest BCUT2D eigenvalue weighted by Crippen LogP contribution is 2.22. The Labute approximate surface area is 105 Å². The van der Waals surface area contributed by atoms with E-state index in [0.29, 0.717) is 17.4 Å².